The number of aliphatic carboxylic acids is 1. The summed E-state index contributed by atoms with van der Waals surface area (Å²) in [6.45, 7) is 4.21. The normalized spacial score (nSPS) is 17.9. The highest BCUT2D eigenvalue weighted by atomic mass is 35.5. The summed E-state index contributed by atoms with van der Waals surface area (Å²) in [7, 11) is 0. The molecule has 1 heterocycles. The molecule has 2 atom stereocenters. The first-order chi connectivity index (χ1) is 15.8. The highest BCUT2D eigenvalue weighted by Gasteiger charge is 2.30. The summed E-state index contributed by atoms with van der Waals surface area (Å²) in [4.78, 5) is 24.3. The fraction of sp³-hybridized carbons (Fsp3) is 0.333. The second-order valence-electron chi connectivity index (χ2n) is 9.09. The van der Waals surface area contributed by atoms with Gasteiger partial charge < -0.3 is 15.0 Å². The van der Waals surface area contributed by atoms with Gasteiger partial charge in [0, 0.05) is 17.9 Å². The number of benzene rings is 2. The molecule has 6 heteroatoms. The van der Waals surface area contributed by atoms with Crippen molar-refractivity contribution in [2.45, 2.75) is 57.4 Å². The number of carbonyl (C=O) groups is 2. The molecule has 0 aliphatic heterocycles. The third-order valence-electron chi connectivity index (χ3n) is 6.45. The van der Waals surface area contributed by atoms with Crippen LogP contribution in [0.1, 0.15) is 78.2 Å². The SMILES string of the molecule is CC(C)c1c(C(=O)Nc2cc(CC(=O)O)ccc2Cl)ccn1C1CCC(c2ccccc2)C1. The molecule has 0 bridgehead atoms. The smallest absolute Gasteiger partial charge is 0.307 e. The van der Waals surface area contributed by atoms with Gasteiger partial charge in [0.05, 0.1) is 22.7 Å². The van der Waals surface area contributed by atoms with Crippen molar-refractivity contribution in [1.82, 2.24) is 4.57 Å². The molecule has 1 amide bonds. The summed E-state index contributed by atoms with van der Waals surface area (Å²) >= 11 is 6.28. The molecule has 3 aromatic rings. The zero-order chi connectivity index (χ0) is 23.5. The van der Waals surface area contributed by atoms with Crippen LogP contribution < -0.4 is 5.32 Å². The Labute approximate surface area is 199 Å². The maximum absolute atomic E-state index is 13.2. The molecule has 2 aromatic carbocycles. The first-order valence-electron chi connectivity index (χ1n) is 11.4. The number of aromatic nitrogens is 1. The van der Waals surface area contributed by atoms with Crippen molar-refractivity contribution in [2.75, 3.05) is 5.32 Å². The number of anilines is 1. The highest BCUT2D eigenvalue weighted by molar-refractivity contribution is 6.34. The van der Waals surface area contributed by atoms with Crippen LogP contribution in [0.4, 0.5) is 5.69 Å². The van der Waals surface area contributed by atoms with Crippen LogP contribution in [0.5, 0.6) is 0 Å². The predicted octanol–water partition coefficient (Wildman–Crippen LogP) is 6.65. The Morgan fingerprint density at radius 1 is 1.12 bits per heavy atom. The van der Waals surface area contributed by atoms with Crippen molar-refractivity contribution < 1.29 is 14.7 Å². The van der Waals surface area contributed by atoms with Crippen molar-refractivity contribution in [2.24, 2.45) is 0 Å². The minimum absolute atomic E-state index is 0.127. The summed E-state index contributed by atoms with van der Waals surface area (Å²) in [6.07, 6.45) is 5.18. The summed E-state index contributed by atoms with van der Waals surface area (Å²) in [5.74, 6) is -0.458. The lowest BCUT2D eigenvalue weighted by Gasteiger charge is -2.21. The van der Waals surface area contributed by atoms with E-state index < -0.39 is 5.97 Å². The number of carboxylic acids is 1. The van der Waals surface area contributed by atoms with Crippen molar-refractivity contribution in [1.29, 1.82) is 0 Å². The molecule has 1 aromatic heterocycles. The minimum atomic E-state index is -0.931. The van der Waals surface area contributed by atoms with Gasteiger partial charge in [-0.25, -0.2) is 0 Å². The lowest BCUT2D eigenvalue weighted by Crippen LogP contribution is -2.17. The number of hydrogen-bond acceptors (Lipinski definition) is 2. The molecule has 5 nitrogen and oxygen atoms in total. The van der Waals surface area contributed by atoms with E-state index in [9.17, 15) is 9.59 Å². The second kappa shape index (κ2) is 9.84. The van der Waals surface area contributed by atoms with Gasteiger partial charge in [-0.2, -0.15) is 0 Å². The van der Waals surface area contributed by atoms with Gasteiger partial charge in [-0.05, 0) is 60.4 Å². The fourth-order valence-electron chi connectivity index (χ4n) is 4.96. The Kier molecular flexibility index (Phi) is 6.89. The number of halogens is 1. The number of carboxylic acid groups (broad SMARTS) is 1. The number of rotatable bonds is 7. The maximum atomic E-state index is 13.2. The second-order valence-corrected chi connectivity index (χ2v) is 9.50. The molecule has 0 radical (unpaired) electrons. The molecule has 1 aliphatic rings. The van der Waals surface area contributed by atoms with Crippen LogP contribution in [0.15, 0.2) is 60.8 Å². The molecule has 4 rings (SSSR count). The standard InChI is InChI=1S/C27H29ClN2O3/c1-17(2)26-22(27(33)29-24-14-18(15-25(31)32)8-11-23(24)28)12-13-30(26)21-10-9-20(16-21)19-6-4-3-5-7-19/h3-8,11-14,17,20-21H,9-10,15-16H2,1-2H3,(H,29,33)(H,31,32). The predicted molar refractivity (Wildman–Crippen MR) is 131 cm³/mol. The van der Waals surface area contributed by atoms with E-state index in [1.54, 1.807) is 18.2 Å². The highest BCUT2D eigenvalue weighted by Crippen LogP contribution is 2.42. The van der Waals surface area contributed by atoms with Crippen LogP contribution in [0, 0.1) is 0 Å². The van der Waals surface area contributed by atoms with Crippen LogP contribution in [-0.4, -0.2) is 21.6 Å². The van der Waals surface area contributed by atoms with E-state index >= 15 is 0 Å². The van der Waals surface area contributed by atoms with Gasteiger partial charge in [-0.3, -0.25) is 9.59 Å². The van der Waals surface area contributed by atoms with Gasteiger partial charge in [0.1, 0.15) is 0 Å². The van der Waals surface area contributed by atoms with Crippen molar-refractivity contribution >= 4 is 29.2 Å². The van der Waals surface area contributed by atoms with Crippen LogP contribution in [-0.2, 0) is 11.2 Å². The van der Waals surface area contributed by atoms with Crippen LogP contribution in [0.3, 0.4) is 0 Å². The number of hydrogen-bond donors (Lipinski definition) is 2. The molecule has 2 N–H and O–H groups in total. The first-order valence-corrected chi connectivity index (χ1v) is 11.8. The van der Waals surface area contributed by atoms with Crippen molar-refractivity contribution in [3.8, 4) is 0 Å². The number of nitrogens with zero attached hydrogens (tertiary/aromatic N) is 1. The molecular formula is C27H29ClN2O3. The zero-order valence-corrected chi connectivity index (χ0v) is 19.7. The van der Waals surface area contributed by atoms with E-state index in [1.807, 2.05) is 18.3 Å². The topological polar surface area (TPSA) is 71.3 Å². The average molecular weight is 465 g/mol. The lowest BCUT2D eigenvalue weighted by molar-refractivity contribution is -0.136. The zero-order valence-electron chi connectivity index (χ0n) is 18.9. The van der Waals surface area contributed by atoms with Gasteiger partial charge in [-0.15, -0.1) is 0 Å². The molecule has 1 aliphatic carbocycles. The third-order valence-corrected chi connectivity index (χ3v) is 6.78. The van der Waals surface area contributed by atoms with E-state index in [0.29, 0.717) is 33.8 Å². The Balaban J connectivity index is 1.56. The Hall–Kier alpha value is -3.05. The Morgan fingerprint density at radius 2 is 1.88 bits per heavy atom. The van der Waals surface area contributed by atoms with E-state index in [4.69, 9.17) is 16.7 Å². The lowest BCUT2D eigenvalue weighted by atomic mass is 9.97. The molecular weight excluding hydrogens is 436 g/mol. The van der Waals surface area contributed by atoms with E-state index in [0.717, 1.165) is 25.0 Å². The number of nitrogens with one attached hydrogen (secondary N) is 1. The van der Waals surface area contributed by atoms with Gasteiger partial charge in [-0.1, -0.05) is 61.8 Å². The third kappa shape index (κ3) is 5.14. The van der Waals surface area contributed by atoms with Crippen molar-refractivity contribution in [3.05, 3.63) is 88.2 Å². The largest absolute Gasteiger partial charge is 0.481 e. The Morgan fingerprint density at radius 3 is 2.58 bits per heavy atom. The maximum Gasteiger partial charge on any atom is 0.307 e. The quantitative estimate of drug-likeness (QED) is 0.411. The summed E-state index contributed by atoms with van der Waals surface area (Å²) in [5.41, 5.74) is 4.04. The van der Waals surface area contributed by atoms with E-state index in [-0.39, 0.29) is 18.2 Å². The monoisotopic (exact) mass is 464 g/mol. The molecule has 1 fully saturated rings. The van der Waals surface area contributed by atoms with Crippen LogP contribution >= 0.6 is 11.6 Å². The molecule has 0 spiro atoms. The van der Waals surface area contributed by atoms with Gasteiger partial charge in [0.2, 0.25) is 0 Å². The fourth-order valence-corrected chi connectivity index (χ4v) is 5.12. The molecule has 0 saturated heterocycles. The van der Waals surface area contributed by atoms with Gasteiger partial charge in [0.15, 0.2) is 0 Å². The van der Waals surface area contributed by atoms with Gasteiger partial charge >= 0.3 is 5.97 Å². The number of amides is 1. The minimum Gasteiger partial charge on any atom is -0.481 e. The van der Waals surface area contributed by atoms with Crippen LogP contribution in [0.25, 0.3) is 0 Å². The number of carbonyl (C=O) groups excluding carboxylic acids is 1. The molecule has 33 heavy (non-hydrogen) atoms. The molecule has 172 valence electrons. The summed E-state index contributed by atoms with van der Waals surface area (Å²) < 4.78 is 2.28. The summed E-state index contributed by atoms with van der Waals surface area (Å²) in [6, 6.07) is 17.8. The Bertz CT molecular complexity index is 1150. The summed E-state index contributed by atoms with van der Waals surface area (Å²) in [5, 5.41) is 12.3. The van der Waals surface area contributed by atoms with Crippen LogP contribution in [0.2, 0.25) is 5.02 Å². The van der Waals surface area contributed by atoms with E-state index in [2.05, 4.69) is 48.0 Å². The molecule has 2 unspecified atom stereocenters. The molecule has 1 saturated carbocycles. The first kappa shape index (κ1) is 23.1. The van der Waals surface area contributed by atoms with Gasteiger partial charge in [0.25, 0.3) is 5.91 Å². The van der Waals surface area contributed by atoms with E-state index in [1.165, 1.54) is 5.56 Å². The average Bonchev–Trinajstić information content (AvgIpc) is 3.43. The van der Waals surface area contributed by atoms with Crippen molar-refractivity contribution in [3.63, 3.8) is 0 Å².